The highest BCUT2D eigenvalue weighted by Gasteiger charge is 2.17. The van der Waals surface area contributed by atoms with Gasteiger partial charge in [0.1, 0.15) is 0 Å². The molecule has 90 valence electrons. The van der Waals surface area contributed by atoms with Gasteiger partial charge in [-0.2, -0.15) is 0 Å². The Morgan fingerprint density at radius 2 is 1.87 bits per heavy atom. The fraction of sp³-hybridized carbons (Fsp3) is 1.00. The van der Waals surface area contributed by atoms with Crippen LogP contribution in [-0.4, -0.2) is 37.6 Å². The standard InChI is InChI=1S/C13H28N2/c1-5-11(2)12(3)14-10-13-6-8-15(4)9-7-13/h11-14H,5-10H2,1-4H3. The molecule has 0 radical (unpaired) electrons. The van der Waals surface area contributed by atoms with E-state index < -0.39 is 0 Å². The maximum Gasteiger partial charge on any atom is 0.00643 e. The zero-order valence-electron chi connectivity index (χ0n) is 10.9. The van der Waals surface area contributed by atoms with Crippen molar-refractivity contribution in [3.05, 3.63) is 0 Å². The summed E-state index contributed by atoms with van der Waals surface area (Å²) in [7, 11) is 2.23. The van der Waals surface area contributed by atoms with Gasteiger partial charge in [0, 0.05) is 6.04 Å². The summed E-state index contributed by atoms with van der Waals surface area (Å²) in [6.45, 7) is 10.7. The molecule has 2 nitrogen and oxygen atoms in total. The van der Waals surface area contributed by atoms with Gasteiger partial charge in [-0.05, 0) is 58.3 Å². The van der Waals surface area contributed by atoms with Crippen LogP contribution in [0.1, 0.15) is 40.0 Å². The highest BCUT2D eigenvalue weighted by Crippen LogP contribution is 2.15. The second-order valence-corrected chi connectivity index (χ2v) is 5.33. The first kappa shape index (κ1) is 13.0. The van der Waals surface area contributed by atoms with Crippen LogP contribution in [0.25, 0.3) is 0 Å². The molecule has 1 aliphatic rings. The summed E-state index contributed by atoms with van der Waals surface area (Å²) in [5, 5.41) is 3.70. The second kappa shape index (κ2) is 6.49. The number of hydrogen-bond acceptors (Lipinski definition) is 2. The van der Waals surface area contributed by atoms with Gasteiger partial charge in [-0.15, -0.1) is 0 Å². The molecule has 2 heteroatoms. The maximum absolute atomic E-state index is 3.70. The smallest absolute Gasteiger partial charge is 0.00643 e. The molecule has 1 aliphatic heterocycles. The van der Waals surface area contributed by atoms with Gasteiger partial charge in [-0.3, -0.25) is 0 Å². The summed E-state index contributed by atoms with van der Waals surface area (Å²) in [6.07, 6.45) is 4.02. The van der Waals surface area contributed by atoms with E-state index in [2.05, 4.69) is 38.0 Å². The van der Waals surface area contributed by atoms with Crippen LogP contribution in [0, 0.1) is 11.8 Å². The Morgan fingerprint density at radius 1 is 1.27 bits per heavy atom. The number of rotatable bonds is 5. The molecule has 0 bridgehead atoms. The zero-order chi connectivity index (χ0) is 11.3. The number of nitrogens with one attached hydrogen (secondary N) is 1. The Labute approximate surface area is 95.4 Å². The van der Waals surface area contributed by atoms with Crippen molar-refractivity contribution in [2.24, 2.45) is 11.8 Å². The van der Waals surface area contributed by atoms with Crippen molar-refractivity contribution in [3.8, 4) is 0 Å². The third kappa shape index (κ3) is 4.52. The van der Waals surface area contributed by atoms with Gasteiger partial charge in [-0.1, -0.05) is 20.3 Å². The van der Waals surface area contributed by atoms with Crippen molar-refractivity contribution in [2.45, 2.75) is 46.1 Å². The average Bonchev–Trinajstić information content (AvgIpc) is 2.26. The van der Waals surface area contributed by atoms with E-state index in [9.17, 15) is 0 Å². The van der Waals surface area contributed by atoms with Gasteiger partial charge in [0.25, 0.3) is 0 Å². The number of likely N-dealkylation sites (tertiary alicyclic amines) is 1. The summed E-state index contributed by atoms with van der Waals surface area (Å²) in [5.74, 6) is 1.71. The Balaban J connectivity index is 2.14. The summed E-state index contributed by atoms with van der Waals surface area (Å²) in [6, 6.07) is 0.676. The first-order valence-electron chi connectivity index (χ1n) is 6.55. The molecule has 0 aromatic rings. The highest BCUT2D eigenvalue weighted by molar-refractivity contribution is 4.74. The van der Waals surface area contributed by atoms with Gasteiger partial charge in [0.2, 0.25) is 0 Å². The Morgan fingerprint density at radius 3 is 2.40 bits per heavy atom. The van der Waals surface area contributed by atoms with E-state index in [4.69, 9.17) is 0 Å². The van der Waals surface area contributed by atoms with E-state index in [0.29, 0.717) is 6.04 Å². The number of nitrogens with zero attached hydrogens (tertiary/aromatic N) is 1. The SMILES string of the molecule is CCC(C)C(C)NCC1CCN(C)CC1. The Hall–Kier alpha value is -0.0800. The first-order chi connectivity index (χ1) is 7.13. The topological polar surface area (TPSA) is 15.3 Å². The van der Waals surface area contributed by atoms with Crippen LogP contribution in [0.5, 0.6) is 0 Å². The van der Waals surface area contributed by atoms with Gasteiger partial charge in [0.15, 0.2) is 0 Å². The zero-order valence-corrected chi connectivity index (χ0v) is 10.9. The summed E-state index contributed by atoms with van der Waals surface area (Å²) in [4.78, 5) is 2.44. The molecule has 2 unspecified atom stereocenters. The van der Waals surface area contributed by atoms with Gasteiger partial charge < -0.3 is 10.2 Å². The third-order valence-electron chi connectivity index (χ3n) is 4.06. The maximum atomic E-state index is 3.70. The van der Waals surface area contributed by atoms with Gasteiger partial charge >= 0.3 is 0 Å². The van der Waals surface area contributed by atoms with Crippen LogP contribution in [0.15, 0.2) is 0 Å². The molecule has 2 atom stereocenters. The first-order valence-corrected chi connectivity index (χ1v) is 6.55. The molecular formula is C13H28N2. The van der Waals surface area contributed by atoms with Crippen LogP contribution >= 0.6 is 0 Å². The molecule has 0 saturated carbocycles. The van der Waals surface area contributed by atoms with Crippen molar-refractivity contribution in [2.75, 3.05) is 26.7 Å². The lowest BCUT2D eigenvalue weighted by molar-refractivity contribution is 0.209. The molecule has 1 rings (SSSR count). The van der Waals surface area contributed by atoms with Crippen molar-refractivity contribution in [1.82, 2.24) is 10.2 Å². The molecule has 0 aromatic heterocycles. The van der Waals surface area contributed by atoms with Crippen LogP contribution < -0.4 is 5.32 Å². The minimum Gasteiger partial charge on any atom is -0.314 e. The van der Waals surface area contributed by atoms with E-state index in [0.717, 1.165) is 11.8 Å². The summed E-state index contributed by atoms with van der Waals surface area (Å²) < 4.78 is 0. The highest BCUT2D eigenvalue weighted by atomic mass is 15.1. The Bertz CT molecular complexity index is 162. The fourth-order valence-corrected chi connectivity index (χ4v) is 2.17. The third-order valence-corrected chi connectivity index (χ3v) is 4.06. The summed E-state index contributed by atoms with van der Waals surface area (Å²) in [5.41, 5.74) is 0. The molecule has 1 saturated heterocycles. The molecule has 0 aliphatic carbocycles. The molecular weight excluding hydrogens is 184 g/mol. The molecule has 0 aromatic carbocycles. The van der Waals surface area contributed by atoms with E-state index >= 15 is 0 Å². The second-order valence-electron chi connectivity index (χ2n) is 5.33. The molecule has 1 N–H and O–H groups in total. The van der Waals surface area contributed by atoms with Gasteiger partial charge in [0.05, 0.1) is 0 Å². The van der Waals surface area contributed by atoms with Crippen molar-refractivity contribution < 1.29 is 0 Å². The lowest BCUT2D eigenvalue weighted by Crippen LogP contribution is -2.39. The van der Waals surface area contributed by atoms with Gasteiger partial charge in [-0.25, -0.2) is 0 Å². The van der Waals surface area contributed by atoms with Crippen molar-refractivity contribution >= 4 is 0 Å². The van der Waals surface area contributed by atoms with Crippen molar-refractivity contribution in [1.29, 1.82) is 0 Å². The predicted octanol–water partition coefficient (Wildman–Crippen LogP) is 2.35. The fourth-order valence-electron chi connectivity index (χ4n) is 2.17. The monoisotopic (exact) mass is 212 g/mol. The molecule has 1 heterocycles. The van der Waals surface area contributed by atoms with E-state index in [1.807, 2.05) is 0 Å². The number of hydrogen-bond donors (Lipinski definition) is 1. The largest absolute Gasteiger partial charge is 0.314 e. The minimum absolute atomic E-state index is 0.676. The van der Waals surface area contributed by atoms with E-state index in [1.54, 1.807) is 0 Å². The van der Waals surface area contributed by atoms with E-state index in [1.165, 1.54) is 38.9 Å². The van der Waals surface area contributed by atoms with Crippen LogP contribution in [0.2, 0.25) is 0 Å². The van der Waals surface area contributed by atoms with Crippen LogP contribution in [0.4, 0.5) is 0 Å². The van der Waals surface area contributed by atoms with Crippen LogP contribution in [0.3, 0.4) is 0 Å². The molecule has 0 amide bonds. The quantitative estimate of drug-likeness (QED) is 0.752. The molecule has 1 fully saturated rings. The minimum atomic E-state index is 0.676. The molecule has 15 heavy (non-hydrogen) atoms. The average molecular weight is 212 g/mol. The van der Waals surface area contributed by atoms with Crippen molar-refractivity contribution in [3.63, 3.8) is 0 Å². The lowest BCUT2D eigenvalue weighted by atomic mass is 9.95. The molecule has 0 spiro atoms. The van der Waals surface area contributed by atoms with E-state index in [-0.39, 0.29) is 0 Å². The normalized spacial score (nSPS) is 24.0. The Kier molecular flexibility index (Phi) is 5.62. The lowest BCUT2D eigenvalue weighted by Gasteiger charge is -2.30. The van der Waals surface area contributed by atoms with Crippen LogP contribution in [-0.2, 0) is 0 Å². The number of piperidine rings is 1. The summed E-state index contributed by atoms with van der Waals surface area (Å²) >= 11 is 0. The predicted molar refractivity (Wildman–Crippen MR) is 67.1 cm³/mol.